The van der Waals surface area contributed by atoms with Crippen LogP contribution in [0.3, 0.4) is 0 Å². The molecule has 0 bridgehead atoms. The summed E-state index contributed by atoms with van der Waals surface area (Å²) in [5, 5.41) is 4.01. The summed E-state index contributed by atoms with van der Waals surface area (Å²) < 4.78 is 1.54. The second-order valence-electron chi connectivity index (χ2n) is 3.05. The van der Waals surface area contributed by atoms with Crippen molar-refractivity contribution in [1.82, 2.24) is 19.6 Å². The normalized spacial score (nSPS) is 10.7. The molecule has 2 aromatic rings. The molecule has 2 rings (SSSR count). The zero-order valence-electron chi connectivity index (χ0n) is 8.06. The molecule has 2 heterocycles. The molecular formula is C9H10N4O. The van der Waals surface area contributed by atoms with Crippen molar-refractivity contribution in [1.29, 1.82) is 0 Å². The minimum atomic E-state index is -0.145. The third-order valence-corrected chi connectivity index (χ3v) is 1.97. The lowest BCUT2D eigenvalue weighted by Crippen LogP contribution is -1.96. The molecule has 0 amide bonds. The quantitative estimate of drug-likeness (QED) is 0.660. The van der Waals surface area contributed by atoms with E-state index in [0.29, 0.717) is 5.78 Å². The lowest BCUT2D eigenvalue weighted by molar-refractivity contribution is 0.100. The van der Waals surface area contributed by atoms with Crippen molar-refractivity contribution < 1.29 is 4.79 Å². The van der Waals surface area contributed by atoms with Crippen LogP contribution in [0.5, 0.6) is 0 Å². The van der Waals surface area contributed by atoms with Crippen molar-refractivity contribution >= 4 is 11.6 Å². The second kappa shape index (κ2) is 3.17. The van der Waals surface area contributed by atoms with Gasteiger partial charge in [0.2, 0.25) is 5.82 Å². The largest absolute Gasteiger partial charge is 0.291 e. The Labute approximate surface area is 80.8 Å². The van der Waals surface area contributed by atoms with Crippen LogP contribution in [0.1, 0.15) is 30.0 Å². The van der Waals surface area contributed by atoms with E-state index < -0.39 is 0 Å². The first-order valence-corrected chi connectivity index (χ1v) is 4.43. The van der Waals surface area contributed by atoms with Gasteiger partial charge in [0.1, 0.15) is 0 Å². The summed E-state index contributed by atoms with van der Waals surface area (Å²) >= 11 is 0. The molecule has 72 valence electrons. The van der Waals surface area contributed by atoms with Gasteiger partial charge in [-0.1, -0.05) is 6.92 Å². The number of aromatic nitrogens is 4. The maximum atomic E-state index is 11.0. The molecule has 0 unspecified atom stereocenters. The molecule has 5 nitrogen and oxygen atoms in total. The van der Waals surface area contributed by atoms with Crippen molar-refractivity contribution in [3.63, 3.8) is 0 Å². The molecule has 0 aliphatic rings. The maximum Gasteiger partial charge on any atom is 0.252 e. The molecule has 0 aromatic carbocycles. The van der Waals surface area contributed by atoms with E-state index in [-0.39, 0.29) is 11.6 Å². The van der Waals surface area contributed by atoms with Gasteiger partial charge >= 0.3 is 0 Å². The summed E-state index contributed by atoms with van der Waals surface area (Å²) in [5.41, 5.74) is 1.07. The van der Waals surface area contributed by atoms with E-state index in [9.17, 15) is 4.79 Å². The minimum Gasteiger partial charge on any atom is -0.291 e. The van der Waals surface area contributed by atoms with Crippen molar-refractivity contribution in [2.24, 2.45) is 0 Å². The van der Waals surface area contributed by atoms with Crippen molar-refractivity contribution in [3.8, 4) is 0 Å². The lowest BCUT2D eigenvalue weighted by atomic mass is 10.3. The smallest absolute Gasteiger partial charge is 0.252 e. The zero-order chi connectivity index (χ0) is 10.1. The predicted octanol–water partition coefficient (Wildman–Crippen LogP) is 0.889. The Morgan fingerprint density at radius 2 is 2.36 bits per heavy atom. The number of hydrogen-bond donors (Lipinski definition) is 0. The van der Waals surface area contributed by atoms with Gasteiger partial charge in [0.25, 0.3) is 5.78 Å². The Morgan fingerprint density at radius 1 is 1.57 bits per heavy atom. The van der Waals surface area contributed by atoms with Crippen molar-refractivity contribution in [2.45, 2.75) is 20.3 Å². The molecule has 0 saturated carbocycles. The van der Waals surface area contributed by atoms with Gasteiger partial charge in [-0.05, 0) is 12.0 Å². The van der Waals surface area contributed by atoms with E-state index in [0.717, 1.165) is 12.0 Å². The van der Waals surface area contributed by atoms with Gasteiger partial charge in [0.15, 0.2) is 5.78 Å². The van der Waals surface area contributed by atoms with Gasteiger partial charge in [-0.15, -0.1) is 5.10 Å². The molecule has 5 heteroatoms. The first-order chi connectivity index (χ1) is 6.70. The molecule has 14 heavy (non-hydrogen) atoms. The van der Waals surface area contributed by atoms with E-state index in [1.165, 1.54) is 11.4 Å². The SMILES string of the molecule is CCc1cnc2nc(C(C)=O)nn2c1. The summed E-state index contributed by atoms with van der Waals surface area (Å²) in [7, 11) is 0. The number of nitrogens with zero attached hydrogens (tertiary/aromatic N) is 4. The number of Topliss-reactive ketones (excluding diaryl/α,β-unsaturated/α-hetero) is 1. The standard InChI is InChI=1S/C9H10N4O/c1-3-7-4-10-9-11-8(6(2)14)12-13(9)5-7/h4-5H,3H2,1-2H3. The average molecular weight is 190 g/mol. The van der Waals surface area contributed by atoms with Crippen LogP contribution in [0.15, 0.2) is 12.4 Å². The van der Waals surface area contributed by atoms with Gasteiger partial charge in [0.05, 0.1) is 0 Å². The highest BCUT2D eigenvalue weighted by Gasteiger charge is 2.08. The molecule has 0 radical (unpaired) electrons. The molecular weight excluding hydrogens is 180 g/mol. The van der Waals surface area contributed by atoms with Gasteiger partial charge in [-0.3, -0.25) is 4.79 Å². The molecule has 0 N–H and O–H groups in total. The van der Waals surface area contributed by atoms with E-state index >= 15 is 0 Å². The molecule has 2 aromatic heterocycles. The van der Waals surface area contributed by atoms with Crippen LogP contribution in [0.25, 0.3) is 5.78 Å². The number of carbonyl (C=O) groups is 1. The number of aryl methyl sites for hydroxylation is 1. The van der Waals surface area contributed by atoms with Crippen LogP contribution in [-0.2, 0) is 6.42 Å². The number of fused-ring (bicyclic) bond motifs is 1. The fourth-order valence-corrected chi connectivity index (χ4v) is 1.15. The van der Waals surface area contributed by atoms with Gasteiger partial charge in [0, 0.05) is 19.3 Å². The van der Waals surface area contributed by atoms with Gasteiger partial charge in [-0.25, -0.2) is 9.50 Å². The second-order valence-corrected chi connectivity index (χ2v) is 3.05. The highest BCUT2D eigenvalue weighted by molar-refractivity contribution is 5.90. The molecule has 0 atom stereocenters. The van der Waals surface area contributed by atoms with Crippen LogP contribution < -0.4 is 0 Å². The van der Waals surface area contributed by atoms with Gasteiger partial charge < -0.3 is 0 Å². The van der Waals surface area contributed by atoms with E-state index in [2.05, 4.69) is 15.1 Å². The molecule has 0 saturated heterocycles. The molecule has 0 aliphatic heterocycles. The van der Waals surface area contributed by atoms with E-state index in [1.54, 1.807) is 6.20 Å². The molecule has 0 fully saturated rings. The van der Waals surface area contributed by atoms with Crippen LogP contribution >= 0.6 is 0 Å². The summed E-state index contributed by atoms with van der Waals surface area (Å²) in [5.74, 6) is 0.534. The van der Waals surface area contributed by atoms with Crippen LogP contribution in [0.2, 0.25) is 0 Å². The number of carbonyl (C=O) groups excluding carboxylic acids is 1. The number of ketones is 1. The Hall–Kier alpha value is -1.78. The first kappa shape index (κ1) is 8.80. The Bertz CT molecular complexity index is 489. The highest BCUT2D eigenvalue weighted by atomic mass is 16.1. The Morgan fingerprint density at radius 3 is 3.00 bits per heavy atom. The topological polar surface area (TPSA) is 60.2 Å². The van der Waals surface area contributed by atoms with Gasteiger partial charge in [-0.2, -0.15) is 4.98 Å². The molecule has 0 aliphatic carbocycles. The van der Waals surface area contributed by atoms with Crippen LogP contribution in [-0.4, -0.2) is 25.4 Å². The third kappa shape index (κ3) is 1.37. The third-order valence-electron chi connectivity index (χ3n) is 1.97. The number of rotatable bonds is 2. The van der Waals surface area contributed by atoms with Crippen LogP contribution in [0.4, 0.5) is 0 Å². The Balaban J connectivity index is 2.60. The summed E-state index contributed by atoms with van der Waals surface area (Å²) in [6.07, 6.45) is 4.47. The zero-order valence-corrected chi connectivity index (χ0v) is 8.06. The molecule has 0 spiro atoms. The summed E-state index contributed by atoms with van der Waals surface area (Å²) in [6, 6.07) is 0. The lowest BCUT2D eigenvalue weighted by Gasteiger charge is -1.94. The van der Waals surface area contributed by atoms with E-state index in [1.807, 2.05) is 13.1 Å². The van der Waals surface area contributed by atoms with Crippen molar-refractivity contribution in [2.75, 3.05) is 0 Å². The fraction of sp³-hybridized carbons (Fsp3) is 0.333. The minimum absolute atomic E-state index is 0.145. The average Bonchev–Trinajstić information content (AvgIpc) is 2.59. The number of hydrogen-bond acceptors (Lipinski definition) is 4. The van der Waals surface area contributed by atoms with E-state index in [4.69, 9.17) is 0 Å². The van der Waals surface area contributed by atoms with Crippen molar-refractivity contribution in [3.05, 3.63) is 23.8 Å². The summed E-state index contributed by atoms with van der Waals surface area (Å²) in [6.45, 7) is 3.47. The fourth-order valence-electron chi connectivity index (χ4n) is 1.15. The predicted molar refractivity (Wildman–Crippen MR) is 50.2 cm³/mol. The monoisotopic (exact) mass is 190 g/mol. The Kier molecular flexibility index (Phi) is 1.99. The summed E-state index contributed by atoms with van der Waals surface area (Å²) in [4.78, 5) is 19.1. The van der Waals surface area contributed by atoms with Crippen LogP contribution in [0, 0.1) is 0 Å². The maximum absolute atomic E-state index is 11.0. The highest BCUT2D eigenvalue weighted by Crippen LogP contribution is 2.02. The first-order valence-electron chi connectivity index (χ1n) is 4.43.